The van der Waals surface area contributed by atoms with Crippen molar-refractivity contribution in [2.75, 3.05) is 26.2 Å². The van der Waals surface area contributed by atoms with E-state index in [1.165, 1.54) is 11.1 Å². The third kappa shape index (κ3) is 3.75. The van der Waals surface area contributed by atoms with Gasteiger partial charge < -0.3 is 9.64 Å². The van der Waals surface area contributed by atoms with Crippen molar-refractivity contribution >= 4 is 5.91 Å². The number of fused-ring (bicyclic) bond motifs is 1. The van der Waals surface area contributed by atoms with Crippen LogP contribution in [0.1, 0.15) is 23.1 Å². The second kappa shape index (κ2) is 7.50. The van der Waals surface area contributed by atoms with Gasteiger partial charge in [-0.05, 0) is 48.6 Å². The number of nitrogens with zero attached hydrogens (tertiary/aromatic N) is 2. The van der Waals surface area contributed by atoms with Crippen LogP contribution in [-0.2, 0) is 17.8 Å². The van der Waals surface area contributed by atoms with Crippen LogP contribution >= 0.6 is 0 Å². The molecule has 2 heterocycles. The first-order chi connectivity index (χ1) is 12.7. The summed E-state index contributed by atoms with van der Waals surface area (Å²) in [4.78, 5) is 17.0. The number of hydrogen-bond donors (Lipinski definition) is 0. The van der Waals surface area contributed by atoms with E-state index in [-0.39, 0.29) is 12.5 Å². The molecule has 2 aromatic rings. The lowest BCUT2D eigenvalue weighted by Gasteiger charge is -2.33. The van der Waals surface area contributed by atoms with Crippen LogP contribution in [0.5, 0.6) is 5.75 Å². The molecule has 0 N–H and O–H groups in total. The predicted octanol–water partition coefficient (Wildman–Crippen LogP) is 3.03. The number of carbonyl (C=O) groups is 1. The van der Waals surface area contributed by atoms with Crippen molar-refractivity contribution in [2.45, 2.75) is 32.4 Å². The van der Waals surface area contributed by atoms with Crippen LogP contribution in [0.2, 0.25) is 0 Å². The molecule has 0 bridgehead atoms. The van der Waals surface area contributed by atoms with Crippen LogP contribution in [0, 0.1) is 6.92 Å². The molecule has 0 spiro atoms. The highest BCUT2D eigenvalue weighted by atomic mass is 16.5. The Labute approximate surface area is 155 Å². The Balaban J connectivity index is 1.30. The Kier molecular flexibility index (Phi) is 4.93. The van der Waals surface area contributed by atoms with E-state index < -0.39 is 0 Å². The lowest BCUT2D eigenvalue weighted by atomic mass is 9.98. The number of aryl methyl sites for hydroxylation is 1. The number of hydrogen-bond acceptors (Lipinski definition) is 3. The van der Waals surface area contributed by atoms with Gasteiger partial charge in [0, 0.05) is 32.2 Å². The lowest BCUT2D eigenvalue weighted by Crippen LogP contribution is -2.42. The van der Waals surface area contributed by atoms with Crippen LogP contribution in [0.15, 0.2) is 48.5 Å². The molecule has 2 aliphatic rings. The van der Waals surface area contributed by atoms with Crippen molar-refractivity contribution in [1.29, 1.82) is 0 Å². The maximum Gasteiger partial charge on any atom is 0.260 e. The van der Waals surface area contributed by atoms with E-state index in [1.807, 2.05) is 36.1 Å². The van der Waals surface area contributed by atoms with Gasteiger partial charge in [-0.15, -0.1) is 0 Å². The normalized spacial score (nSPS) is 20.0. The molecule has 4 heteroatoms. The second-order valence-corrected chi connectivity index (χ2v) is 7.38. The van der Waals surface area contributed by atoms with E-state index in [0.29, 0.717) is 6.04 Å². The Morgan fingerprint density at radius 1 is 1.12 bits per heavy atom. The van der Waals surface area contributed by atoms with Gasteiger partial charge in [0.15, 0.2) is 6.61 Å². The standard InChI is InChI=1S/C22H26N2O2/c1-17-5-4-8-21(13-17)26-16-22(25)24-12-10-20(15-24)23-11-9-18-6-2-3-7-19(18)14-23/h2-8,13,20H,9-12,14-16H2,1H3. The van der Waals surface area contributed by atoms with Crippen molar-refractivity contribution in [1.82, 2.24) is 9.80 Å². The van der Waals surface area contributed by atoms with Crippen molar-refractivity contribution in [3.05, 3.63) is 65.2 Å². The largest absolute Gasteiger partial charge is 0.484 e. The van der Waals surface area contributed by atoms with E-state index in [2.05, 4.69) is 29.2 Å². The van der Waals surface area contributed by atoms with E-state index >= 15 is 0 Å². The van der Waals surface area contributed by atoms with Crippen molar-refractivity contribution in [2.24, 2.45) is 0 Å². The fraction of sp³-hybridized carbons (Fsp3) is 0.409. The summed E-state index contributed by atoms with van der Waals surface area (Å²) in [5.74, 6) is 0.855. The van der Waals surface area contributed by atoms with Gasteiger partial charge >= 0.3 is 0 Å². The molecule has 1 fully saturated rings. The van der Waals surface area contributed by atoms with Crippen LogP contribution in [0.3, 0.4) is 0 Å². The van der Waals surface area contributed by atoms with Crippen molar-refractivity contribution in [3.63, 3.8) is 0 Å². The van der Waals surface area contributed by atoms with Gasteiger partial charge in [-0.3, -0.25) is 9.69 Å². The zero-order chi connectivity index (χ0) is 17.9. The molecule has 2 aliphatic heterocycles. The first-order valence-corrected chi connectivity index (χ1v) is 9.47. The van der Waals surface area contributed by atoms with Gasteiger partial charge in [0.1, 0.15) is 5.75 Å². The maximum absolute atomic E-state index is 12.5. The predicted molar refractivity (Wildman–Crippen MR) is 102 cm³/mol. The molecule has 4 rings (SSSR count). The number of amides is 1. The SMILES string of the molecule is Cc1cccc(OCC(=O)N2CCC(N3CCc4ccccc4C3)C2)c1. The minimum absolute atomic E-state index is 0.0893. The molecular formula is C22H26N2O2. The van der Waals surface area contributed by atoms with E-state index in [1.54, 1.807) is 0 Å². The summed E-state index contributed by atoms with van der Waals surface area (Å²) in [6.45, 7) is 5.89. The molecule has 4 nitrogen and oxygen atoms in total. The molecular weight excluding hydrogens is 324 g/mol. The van der Waals surface area contributed by atoms with Crippen LogP contribution < -0.4 is 4.74 Å². The molecule has 0 saturated carbocycles. The third-order valence-corrected chi connectivity index (χ3v) is 5.54. The van der Waals surface area contributed by atoms with Gasteiger partial charge in [-0.25, -0.2) is 0 Å². The average molecular weight is 350 g/mol. The van der Waals surface area contributed by atoms with Crippen LogP contribution in [0.4, 0.5) is 0 Å². The number of rotatable bonds is 4. The molecule has 1 amide bonds. The summed E-state index contributed by atoms with van der Waals surface area (Å²) < 4.78 is 5.68. The minimum Gasteiger partial charge on any atom is -0.484 e. The molecule has 1 unspecified atom stereocenters. The number of likely N-dealkylation sites (tertiary alicyclic amines) is 1. The zero-order valence-corrected chi connectivity index (χ0v) is 15.4. The minimum atomic E-state index is 0.0893. The van der Waals surface area contributed by atoms with Crippen LogP contribution in [0.25, 0.3) is 0 Å². The Hall–Kier alpha value is -2.33. The monoisotopic (exact) mass is 350 g/mol. The molecule has 1 saturated heterocycles. The van der Waals surface area contributed by atoms with Gasteiger partial charge in [0.05, 0.1) is 0 Å². The highest BCUT2D eigenvalue weighted by Gasteiger charge is 2.32. The number of carbonyl (C=O) groups excluding carboxylic acids is 1. The summed E-state index contributed by atoms with van der Waals surface area (Å²) in [5, 5.41) is 0. The smallest absolute Gasteiger partial charge is 0.260 e. The van der Waals surface area contributed by atoms with E-state index in [9.17, 15) is 4.79 Å². The van der Waals surface area contributed by atoms with Gasteiger partial charge in [-0.1, -0.05) is 36.4 Å². The highest BCUT2D eigenvalue weighted by molar-refractivity contribution is 5.78. The van der Waals surface area contributed by atoms with E-state index in [4.69, 9.17) is 4.74 Å². The van der Waals surface area contributed by atoms with Crippen LogP contribution in [-0.4, -0.2) is 48.0 Å². The fourth-order valence-electron chi connectivity index (χ4n) is 4.04. The Morgan fingerprint density at radius 2 is 1.96 bits per heavy atom. The van der Waals surface area contributed by atoms with E-state index in [0.717, 1.165) is 50.3 Å². The molecule has 0 aromatic heterocycles. The summed E-state index contributed by atoms with van der Waals surface area (Å²) in [5.41, 5.74) is 4.05. The van der Waals surface area contributed by atoms with Gasteiger partial charge in [-0.2, -0.15) is 0 Å². The number of benzene rings is 2. The summed E-state index contributed by atoms with van der Waals surface area (Å²) in [6, 6.07) is 17.0. The molecule has 2 aromatic carbocycles. The molecule has 136 valence electrons. The molecule has 26 heavy (non-hydrogen) atoms. The Bertz CT molecular complexity index is 789. The topological polar surface area (TPSA) is 32.8 Å². The summed E-state index contributed by atoms with van der Waals surface area (Å²) in [7, 11) is 0. The first kappa shape index (κ1) is 17.1. The lowest BCUT2D eigenvalue weighted by molar-refractivity contribution is -0.132. The zero-order valence-electron chi connectivity index (χ0n) is 15.4. The highest BCUT2D eigenvalue weighted by Crippen LogP contribution is 2.24. The Morgan fingerprint density at radius 3 is 2.81 bits per heavy atom. The molecule has 0 aliphatic carbocycles. The summed E-state index contributed by atoms with van der Waals surface area (Å²) >= 11 is 0. The summed E-state index contributed by atoms with van der Waals surface area (Å²) in [6.07, 6.45) is 2.16. The molecule has 0 radical (unpaired) electrons. The fourth-order valence-corrected chi connectivity index (χ4v) is 4.04. The van der Waals surface area contributed by atoms with Gasteiger partial charge in [0.2, 0.25) is 0 Å². The average Bonchev–Trinajstić information content (AvgIpc) is 3.16. The third-order valence-electron chi connectivity index (χ3n) is 5.54. The van der Waals surface area contributed by atoms with Gasteiger partial charge in [0.25, 0.3) is 5.91 Å². The molecule has 1 atom stereocenters. The maximum atomic E-state index is 12.5. The van der Waals surface area contributed by atoms with Crippen molar-refractivity contribution in [3.8, 4) is 5.75 Å². The quantitative estimate of drug-likeness (QED) is 0.850. The number of ether oxygens (including phenoxy) is 1. The van der Waals surface area contributed by atoms with Crippen molar-refractivity contribution < 1.29 is 9.53 Å². The first-order valence-electron chi connectivity index (χ1n) is 9.47. The second-order valence-electron chi connectivity index (χ2n) is 7.38.